The number of benzene rings is 1. The van der Waals surface area contributed by atoms with Crippen molar-refractivity contribution in [1.82, 2.24) is 0 Å². The number of hydrogen-bond donors (Lipinski definition) is 2. The molecular formula is C13H19BrN2O2. The molecule has 0 aliphatic carbocycles. The Kier molecular flexibility index (Phi) is 5.98. The number of nitrogens with two attached hydrogens (primary N) is 1. The summed E-state index contributed by atoms with van der Waals surface area (Å²) in [6, 6.07) is 5.43. The van der Waals surface area contributed by atoms with Crippen LogP contribution in [0.2, 0.25) is 0 Å². The van der Waals surface area contributed by atoms with Crippen LogP contribution in [0.4, 0.5) is 0 Å². The lowest BCUT2D eigenvalue weighted by molar-refractivity contribution is 0.240. The van der Waals surface area contributed by atoms with Gasteiger partial charge >= 0.3 is 0 Å². The van der Waals surface area contributed by atoms with Gasteiger partial charge in [0.1, 0.15) is 5.75 Å². The van der Waals surface area contributed by atoms with Gasteiger partial charge in [0.25, 0.3) is 0 Å². The molecule has 0 amide bonds. The lowest BCUT2D eigenvalue weighted by Crippen LogP contribution is -2.17. The van der Waals surface area contributed by atoms with Gasteiger partial charge in [0.05, 0.1) is 12.2 Å². The van der Waals surface area contributed by atoms with Gasteiger partial charge in [-0.3, -0.25) is 0 Å². The molecule has 3 N–H and O–H groups in total. The Bertz CT molecular complexity index is 417. The van der Waals surface area contributed by atoms with E-state index in [0.717, 1.165) is 17.3 Å². The molecule has 0 aromatic heterocycles. The predicted octanol–water partition coefficient (Wildman–Crippen LogP) is 3.36. The third-order valence-electron chi connectivity index (χ3n) is 2.96. The Hall–Kier alpha value is -1.23. The van der Waals surface area contributed by atoms with E-state index in [1.807, 2.05) is 12.1 Å². The van der Waals surface area contributed by atoms with Crippen molar-refractivity contribution < 1.29 is 9.94 Å². The van der Waals surface area contributed by atoms with Crippen molar-refractivity contribution in [2.24, 2.45) is 16.8 Å². The zero-order valence-electron chi connectivity index (χ0n) is 10.7. The van der Waals surface area contributed by atoms with Gasteiger partial charge in [-0.15, -0.1) is 0 Å². The first kappa shape index (κ1) is 14.8. The average Bonchev–Trinajstić information content (AvgIpc) is 2.39. The van der Waals surface area contributed by atoms with Gasteiger partial charge in [0.2, 0.25) is 0 Å². The molecule has 0 aliphatic rings. The van der Waals surface area contributed by atoms with Crippen LogP contribution >= 0.6 is 15.9 Å². The molecule has 1 rings (SSSR count). The third kappa shape index (κ3) is 3.91. The molecule has 5 heteroatoms. The topological polar surface area (TPSA) is 67.8 Å². The first-order valence-electron chi connectivity index (χ1n) is 6.02. The smallest absolute Gasteiger partial charge is 0.173 e. The number of rotatable bonds is 6. The van der Waals surface area contributed by atoms with E-state index < -0.39 is 0 Å². The van der Waals surface area contributed by atoms with Crippen LogP contribution in [0.3, 0.4) is 0 Å². The van der Waals surface area contributed by atoms with Gasteiger partial charge in [0, 0.05) is 4.47 Å². The van der Waals surface area contributed by atoms with Crippen LogP contribution < -0.4 is 10.5 Å². The number of amidine groups is 1. The molecule has 18 heavy (non-hydrogen) atoms. The number of halogens is 1. The maximum Gasteiger partial charge on any atom is 0.173 e. The highest BCUT2D eigenvalue weighted by Gasteiger charge is 2.11. The quantitative estimate of drug-likeness (QED) is 0.366. The normalized spacial score (nSPS) is 11.9. The Morgan fingerprint density at radius 1 is 1.44 bits per heavy atom. The Morgan fingerprint density at radius 2 is 2.11 bits per heavy atom. The molecule has 0 radical (unpaired) electrons. The van der Waals surface area contributed by atoms with Crippen LogP contribution in [0.15, 0.2) is 27.8 Å². The highest BCUT2D eigenvalue weighted by molar-refractivity contribution is 9.10. The van der Waals surface area contributed by atoms with E-state index in [0.29, 0.717) is 23.8 Å². The van der Waals surface area contributed by atoms with Crippen molar-refractivity contribution in [2.45, 2.75) is 26.7 Å². The van der Waals surface area contributed by atoms with Crippen LogP contribution in [-0.4, -0.2) is 17.6 Å². The van der Waals surface area contributed by atoms with Crippen molar-refractivity contribution in [1.29, 1.82) is 0 Å². The van der Waals surface area contributed by atoms with Crippen molar-refractivity contribution in [3.63, 3.8) is 0 Å². The molecular weight excluding hydrogens is 296 g/mol. The fraction of sp³-hybridized carbons (Fsp3) is 0.462. The van der Waals surface area contributed by atoms with Crippen LogP contribution in [0.25, 0.3) is 0 Å². The highest BCUT2D eigenvalue weighted by Crippen LogP contribution is 2.24. The fourth-order valence-electron chi connectivity index (χ4n) is 1.61. The number of hydrogen-bond acceptors (Lipinski definition) is 3. The molecule has 1 aromatic carbocycles. The van der Waals surface area contributed by atoms with Gasteiger partial charge < -0.3 is 15.7 Å². The van der Waals surface area contributed by atoms with Crippen molar-refractivity contribution in [3.05, 3.63) is 28.2 Å². The van der Waals surface area contributed by atoms with E-state index in [9.17, 15) is 0 Å². The van der Waals surface area contributed by atoms with Crippen molar-refractivity contribution in [2.75, 3.05) is 6.61 Å². The van der Waals surface area contributed by atoms with Crippen LogP contribution in [0, 0.1) is 5.92 Å². The Balaban J connectivity index is 2.89. The van der Waals surface area contributed by atoms with E-state index in [2.05, 4.69) is 34.9 Å². The second kappa shape index (κ2) is 7.26. The van der Waals surface area contributed by atoms with Gasteiger partial charge in [-0.05, 0) is 24.1 Å². The molecule has 4 nitrogen and oxygen atoms in total. The standard InChI is InChI=1S/C13H19BrN2O2/c1-3-9(4-2)8-18-12-7-10(14)5-6-11(12)13(15)16-17/h5-7,9,17H,3-4,8H2,1-2H3,(H2,15,16). The molecule has 1 aromatic rings. The van der Waals surface area contributed by atoms with Gasteiger partial charge in [-0.1, -0.05) is 47.8 Å². The van der Waals surface area contributed by atoms with E-state index in [1.54, 1.807) is 6.07 Å². The monoisotopic (exact) mass is 314 g/mol. The maximum absolute atomic E-state index is 8.75. The summed E-state index contributed by atoms with van der Waals surface area (Å²) in [5.41, 5.74) is 6.22. The summed E-state index contributed by atoms with van der Waals surface area (Å²) in [5.74, 6) is 1.21. The zero-order chi connectivity index (χ0) is 13.5. The Labute approximate surface area is 116 Å². The molecule has 0 fully saturated rings. The lowest BCUT2D eigenvalue weighted by atomic mass is 10.1. The second-order valence-corrected chi connectivity index (χ2v) is 5.03. The molecule has 0 saturated heterocycles. The summed E-state index contributed by atoms with van der Waals surface area (Å²) in [6.45, 7) is 4.92. The van der Waals surface area contributed by atoms with E-state index in [-0.39, 0.29) is 5.84 Å². The summed E-state index contributed by atoms with van der Waals surface area (Å²) in [4.78, 5) is 0. The number of oxime groups is 1. The zero-order valence-corrected chi connectivity index (χ0v) is 12.3. The molecule has 0 spiro atoms. The summed E-state index contributed by atoms with van der Waals surface area (Å²) in [6.07, 6.45) is 2.15. The van der Waals surface area contributed by atoms with E-state index in [4.69, 9.17) is 15.7 Å². The Morgan fingerprint density at radius 3 is 2.67 bits per heavy atom. The molecule has 0 heterocycles. The van der Waals surface area contributed by atoms with Crippen molar-refractivity contribution >= 4 is 21.8 Å². The summed E-state index contributed by atoms with van der Waals surface area (Å²) in [5, 5.41) is 11.8. The van der Waals surface area contributed by atoms with E-state index >= 15 is 0 Å². The third-order valence-corrected chi connectivity index (χ3v) is 3.45. The minimum Gasteiger partial charge on any atom is -0.492 e. The van der Waals surface area contributed by atoms with Crippen LogP contribution in [0.1, 0.15) is 32.3 Å². The van der Waals surface area contributed by atoms with Gasteiger partial charge in [0.15, 0.2) is 5.84 Å². The number of ether oxygens (including phenoxy) is 1. The van der Waals surface area contributed by atoms with Gasteiger partial charge in [-0.25, -0.2) is 0 Å². The predicted molar refractivity (Wildman–Crippen MR) is 76.2 cm³/mol. The van der Waals surface area contributed by atoms with E-state index in [1.165, 1.54) is 0 Å². The molecule has 0 unspecified atom stereocenters. The molecule has 0 bridgehead atoms. The number of nitrogens with zero attached hydrogens (tertiary/aromatic N) is 1. The maximum atomic E-state index is 8.75. The summed E-state index contributed by atoms with van der Waals surface area (Å²) in [7, 11) is 0. The SMILES string of the molecule is CCC(CC)COc1cc(Br)ccc1/C(N)=N/O. The lowest BCUT2D eigenvalue weighted by Gasteiger charge is -2.16. The van der Waals surface area contributed by atoms with Gasteiger partial charge in [-0.2, -0.15) is 0 Å². The molecule has 0 atom stereocenters. The molecule has 100 valence electrons. The first-order chi connectivity index (χ1) is 8.62. The minimum atomic E-state index is 0.0575. The second-order valence-electron chi connectivity index (χ2n) is 4.12. The molecule has 0 aliphatic heterocycles. The highest BCUT2D eigenvalue weighted by atomic mass is 79.9. The average molecular weight is 315 g/mol. The summed E-state index contributed by atoms with van der Waals surface area (Å²) >= 11 is 3.39. The largest absolute Gasteiger partial charge is 0.492 e. The van der Waals surface area contributed by atoms with Crippen LogP contribution in [-0.2, 0) is 0 Å². The first-order valence-corrected chi connectivity index (χ1v) is 6.81. The fourth-order valence-corrected chi connectivity index (χ4v) is 1.95. The summed E-state index contributed by atoms with van der Waals surface area (Å²) < 4.78 is 6.68. The van der Waals surface area contributed by atoms with Crippen LogP contribution in [0.5, 0.6) is 5.75 Å². The van der Waals surface area contributed by atoms with Crippen molar-refractivity contribution in [3.8, 4) is 5.75 Å². The molecule has 0 saturated carbocycles. The minimum absolute atomic E-state index is 0.0575.